The molecule has 0 radical (unpaired) electrons. The highest BCUT2D eigenvalue weighted by Crippen LogP contribution is 2.61. The number of allylic oxidation sites excluding steroid dienone is 7. The quantitative estimate of drug-likeness (QED) is 0.0475. The van der Waals surface area contributed by atoms with Crippen LogP contribution >= 0.6 is 0 Å². The summed E-state index contributed by atoms with van der Waals surface area (Å²) in [6.07, 6.45) is 15.2. The molecule has 12 heteroatoms. The van der Waals surface area contributed by atoms with Crippen LogP contribution in [0.25, 0.3) is 0 Å². The number of hydrogen-bond acceptors (Lipinski definition) is 9. The lowest BCUT2D eigenvalue weighted by atomic mass is 9.54. The van der Waals surface area contributed by atoms with E-state index in [0.717, 1.165) is 58.5 Å². The Hall–Kier alpha value is -5.04. The van der Waals surface area contributed by atoms with E-state index in [1.54, 1.807) is 6.92 Å². The number of fused-ring (bicyclic) bond motifs is 3. The Morgan fingerprint density at radius 3 is 1.59 bits per heavy atom. The Labute approximate surface area is 342 Å². The molecule has 0 heterocycles. The number of rotatable bonds is 11. The molecule has 0 aliphatic heterocycles. The lowest BCUT2D eigenvalue weighted by Gasteiger charge is -2.46. The van der Waals surface area contributed by atoms with Crippen LogP contribution < -0.4 is 5.73 Å². The molecule has 7 rings (SSSR count). The first-order valence-corrected chi connectivity index (χ1v) is 20.4. The van der Waals surface area contributed by atoms with E-state index in [1.165, 1.54) is 22.3 Å². The number of aliphatic hydroxyl groups is 1. The molecule has 0 bridgehead atoms. The predicted molar refractivity (Wildman–Crippen MR) is 218 cm³/mol. The number of carbonyl (C=O) groups is 4. The van der Waals surface area contributed by atoms with Crippen LogP contribution in [0.4, 0.5) is 0 Å². The highest BCUT2D eigenvalue weighted by molar-refractivity contribution is 6.13. The minimum atomic E-state index is -1.32. The van der Waals surface area contributed by atoms with E-state index < -0.39 is 34.3 Å². The summed E-state index contributed by atoms with van der Waals surface area (Å²) < 4.78 is 4.97. The Morgan fingerprint density at radius 1 is 0.724 bits per heavy atom. The van der Waals surface area contributed by atoms with Gasteiger partial charge in [-0.25, -0.2) is 9.59 Å². The minimum Gasteiger partial charge on any atom is -0.481 e. The molecule has 8 atom stereocenters. The number of carbonyl (C=O) groups excluding carboxylic acids is 1. The van der Waals surface area contributed by atoms with Crippen LogP contribution in [0.3, 0.4) is 0 Å². The Balaban J connectivity index is 0.000000209. The van der Waals surface area contributed by atoms with E-state index in [9.17, 15) is 24.4 Å². The Kier molecular flexibility index (Phi) is 17.7. The monoisotopic (exact) mass is 799 g/mol. The van der Waals surface area contributed by atoms with Gasteiger partial charge in [-0.05, 0) is 105 Å². The maximum Gasteiger partial charge on any atom is 0.343 e. The molecular weight excluding hydrogens is 739 g/mol. The standard InChI is InChI=1S/C14H19NO2.C12H15NO2.C12H14O4.C7H9N.CH4O/c1-3-10-5-11-7-14(9-15,12(11)6-10)8-13(16)17-4-2;1-2-8-3-9-5-12(7-13,6-11(14)15)10(9)4-8;1-2-6-3-7-5-9(8(7)4-6)10(11(13)14)12(15)16;8-6-7-4-2-1-3-5-7;1-2/h6,11-12H,3-5,7-8H2,1-2H3;4,9-10H,2-3,5-6H2,1H3,(H,14,15);4,7-8H,2-3,5H2,1H3,(H,13,14)(H,15,16);1-5H,6,8H2;2H,1H3/t11-,12-,14-;9-,10-,12-;7-,8-;;/m111../s1. The molecule has 58 heavy (non-hydrogen) atoms. The molecule has 1 aromatic rings. The van der Waals surface area contributed by atoms with E-state index >= 15 is 0 Å². The van der Waals surface area contributed by atoms with Gasteiger partial charge in [0.25, 0.3) is 0 Å². The summed E-state index contributed by atoms with van der Waals surface area (Å²) >= 11 is 0. The van der Waals surface area contributed by atoms with Crippen LogP contribution in [0.2, 0.25) is 0 Å². The lowest BCUT2D eigenvalue weighted by molar-refractivity contribution is -0.148. The number of carboxylic acids is 3. The van der Waals surface area contributed by atoms with Crippen molar-refractivity contribution in [2.75, 3.05) is 13.7 Å². The van der Waals surface area contributed by atoms with E-state index in [2.05, 4.69) is 51.1 Å². The number of hydrogen-bond donors (Lipinski definition) is 5. The number of nitrogens with two attached hydrogens (primary N) is 1. The van der Waals surface area contributed by atoms with Gasteiger partial charge in [-0.2, -0.15) is 10.5 Å². The van der Waals surface area contributed by atoms with Crippen molar-refractivity contribution in [3.8, 4) is 12.1 Å². The SMILES string of the molecule is CCC1=C[C@@H]2[C@H](C1)C[C@]2(C#N)CC(=O)O.CCC1=C[C@H]2C(=C(C(=O)O)C(=O)O)C[C@H]2C1.CCOC(=O)C[C@@]1(C#N)C[C@H]2CC(CC)=C[C@H]21.CO.NCc1ccccc1. The van der Waals surface area contributed by atoms with Crippen molar-refractivity contribution < 1.29 is 44.3 Å². The summed E-state index contributed by atoms with van der Waals surface area (Å²) in [4.78, 5) is 44.0. The molecule has 0 spiro atoms. The van der Waals surface area contributed by atoms with Gasteiger partial charge in [-0.1, -0.05) is 86.1 Å². The predicted octanol–water partition coefficient (Wildman–Crippen LogP) is 7.76. The van der Waals surface area contributed by atoms with Crippen molar-refractivity contribution in [3.63, 3.8) is 0 Å². The minimum absolute atomic E-state index is 0.00182. The normalized spacial score (nSPS) is 28.5. The third-order valence-electron chi connectivity index (χ3n) is 12.6. The highest BCUT2D eigenvalue weighted by Gasteiger charge is 2.57. The first-order chi connectivity index (χ1) is 27.7. The van der Waals surface area contributed by atoms with Crippen molar-refractivity contribution in [1.82, 2.24) is 0 Å². The number of aliphatic carboxylic acids is 3. The van der Waals surface area contributed by atoms with Gasteiger partial charge in [0.05, 0.1) is 42.4 Å². The third kappa shape index (κ3) is 10.9. The van der Waals surface area contributed by atoms with Crippen molar-refractivity contribution in [2.24, 2.45) is 52.1 Å². The number of ether oxygens (including phenoxy) is 1. The van der Waals surface area contributed by atoms with Crippen LogP contribution in [-0.2, 0) is 30.5 Å². The number of aliphatic hydroxyl groups excluding tert-OH is 1. The molecule has 12 nitrogen and oxygen atoms in total. The van der Waals surface area contributed by atoms with Crippen molar-refractivity contribution in [3.05, 3.63) is 82.0 Å². The Morgan fingerprint density at radius 2 is 1.19 bits per heavy atom. The van der Waals surface area contributed by atoms with Crippen molar-refractivity contribution in [2.45, 2.75) is 105 Å². The lowest BCUT2D eigenvalue weighted by Crippen LogP contribution is -2.45. The van der Waals surface area contributed by atoms with Gasteiger partial charge in [0.1, 0.15) is 5.57 Å². The van der Waals surface area contributed by atoms with Crippen molar-refractivity contribution >= 4 is 23.9 Å². The van der Waals surface area contributed by atoms with E-state index in [0.29, 0.717) is 42.9 Å². The zero-order chi connectivity index (χ0) is 43.2. The van der Waals surface area contributed by atoms with E-state index in [1.807, 2.05) is 30.3 Å². The molecule has 6 aliphatic carbocycles. The first kappa shape index (κ1) is 47.3. The van der Waals surface area contributed by atoms with Crippen LogP contribution in [0.15, 0.2) is 76.4 Å². The van der Waals surface area contributed by atoms with Gasteiger partial charge in [-0.15, -0.1) is 0 Å². The molecule has 0 unspecified atom stereocenters. The number of benzene rings is 1. The Bertz CT molecular complexity index is 1840. The van der Waals surface area contributed by atoms with Crippen LogP contribution in [0.5, 0.6) is 0 Å². The molecular formula is C46H61N3O9. The summed E-state index contributed by atoms with van der Waals surface area (Å²) in [5.74, 6) is -1.59. The van der Waals surface area contributed by atoms with Crippen LogP contribution in [0, 0.1) is 69.0 Å². The fourth-order valence-corrected chi connectivity index (χ4v) is 9.59. The van der Waals surface area contributed by atoms with Gasteiger partial charge in [0.15, 0.2) is 0 Å². The average molecular weight is 800 g/mol. The second-order valence-electron chi connectivity index (χ2n) is 15.9. The average Bonchev–Trinajstić information content (AvgIpc) is 3.86. The first-order valence-electron chi connectivity index (χ1n) is 20.4. The molecule has 0 amide bonds. The number of nitrogens with zero attached hydrogens (tertiary/aromatic N) is 2. The van der Waals surface area contributed by atoms with Gasteiger partial charge in [-0.3, -0.25) is 9.59 Å². The summed E-state index contributed by atoms with van der Waals surface area (Å²) in [5, 5.41) is 52.1. The summed E-state index contributed by atoms with van der Waals surface area (Å²) in [7, 11) is 1.00. The number of esters is 1. The topological polar surface area (TPSA) is 232 Å². The third-order valence-corrected chi connectivity index (χ3v) is 12.6. The van der Waals surface area contributed by atoms with E-state index in [4.69, 9.17) is 36.2 Å². The molecule has 314 valence electrons. The molecule has 6 aliphatic rings. The van der Waals surface area contributed by atoms with Gasteiger partial charge >= 0.3 is 23.9 Å². The number of nitriles is 2. The number of carboxylic acid groups (broad SMARTS) is 3. The molecule has 3 fully saturated rings. The van der Waals surface area contributed by atoms with E-state index in [-0.39, 0.29) is 36.6 Å². The van der Waals surface area contributed by atoms with Crippen LogP contribution in [-0.4, -0.2) is 58.0 Å². The van der Waals surface area contributed by atoms with Crippen LogP contribution in [0.1, 0.15) is 104 Å². The zero-order valence-corrected chi connectivity index (χ0v) is 34.6. The smallest absolute Gasteiger partial charge is 0.343 e. The van der Waals surface area contributed by atoms with Gasteiger partial charge < -0.3 is 30.9 Å². The van der Waals surface area contributed by atoms with Crippen molar-refractivity contribution in [1.29, 1.82) is 10.5 Å². The zero-order valence-electron chi connectivity index (χ0n) is 34.6. The molecule has 6 N–H and O–H groups in total. The van der Waals surface area contributed by atoms with Gasteiger partial charge in [0, 0.05) is 19.6 Å². The fourth-order valence-electron chi connectivity index (χ4n) is 9.59. The fraction of sp³-hybridized carbons (Fsp3) is 0.565. The van der Waals surface area contributed by atoms with Gasteiger partial charge in [0.2, 0.25) is 0 Å². The second-order valence-corrected chi connectivity index (χ2v) is 15.9. The molecule has 3 saturated carbocycles. The largest absolute Gasteiger partial charge is 0.481 e. The second kappa shape index (κ2) is 21.6. The molecule has 0 aromatic heterocycles. The summed E-state index contributed by atoms with van der Waals surface area (Å²) in [6.45, 7) is 9.16. The maximum atomic E-state index is 11.6. The molecule has 1 aromatic carbocycles. The summed E-state index contributed by atoms with van der Waals surface area (Å²) in [5.41, 5.74) is 9.79. The maximum absolute atomic E-state index is 11.6. The molecule has 0 saturated heterocycles. The summed E-state index contributed by atoms with van der Waals surface area (Å²) in [6, 6.07) is 14.6. The highest BCUT2D eigenvalue weighted by atomic mass is 16.5.